The van der Waals surface area contributed by atoms with Crippen LogP contribution in [0.4, 0.5) is 5.69 Å². The van der Waals surface area contributed by atoms with Crippen LogP contribution in [0.1, 0.15) is 11.1 Å². The lowest BCUT2D eigenvalue weighted by molar-refractivity contribution is -0.119. The summed E-state index contributed by atoms with van der Waals surface area (Å²) in [6.45, 7) is 0.326. The van der Waals surface area contributed by atoms with Crippen molar-refractivity contribution in [3.05, 3.63) is 84.4 Å². The lowest BCUT2D eigenvalue weighted by Crippen LogP contribution is -2.25. The van der Waals surface area contributed by atoms with Crippen molar-refractivity contribution < 1.29 is 14.3 Å². The summed E-state index contributed by atoms with van der Waals surface area (Å²) < 4.78 is 12.2. The van der Waals surface area contributed by atoms with Crippen LogP contribution < -0.4 is 20.2 Å². The number of ether oxygens (including phenoxy) is 2. The summed E-state index contributed by atoms with van der Waals surface area (Å²) in [5, 5.41) is 8.72. The minimum atomic E-state index is -0.289. The van der Waals surface area contributed by atoms with Gasteiger partial charge in [0.15, 0.2) is 11.5 Å². The van der Waals surface area contributed by atoms with E-state index in [1.54, 1.807) is 49.6 Å². The van der Waals surface area contributed by atoms with Crippen LogP contribution in [0.25, 0.3) is 0 Å². The van der Waals surface area contributed by atoms with E-state index in [0.29, 0.717) is 26.6 Å². The van der Waals surface area contributed by atoms with Crippen molar-refractivity contribution in [2.24, 2.45) is 5.10 Å². The molecule has 0 bridgehead atoms. The third-order valence-corrected chi connectivity index (χ3v) is 5.98. The highest BCUT2D eigenvalue weighted by Gasteiger charge is 2.13. The minimum absolute atomic E-state index is 0.0693. The number of anilines is 1. The highest BCUT2D eigenvalue weighted by molar-refractivity contribution is 14.1. The molecule has 0 aliphatic rings. The first-order valence-corrected chi connectivity index (χ1v) is 11.8. The van der Waals surface area contributed by atoms with Crippen LogP contribution in [-0.4, -0.2) is 25.8 Å². The number of hydrazone groups is 1. The van der Waals surface area contributed by atoms with Crippen molar-refractivity contribution in [2.45, 2.75) is 6.61 Å². The lowest BCUT2D eigenvalue weighted by Gasteiger charge is -2.14. The Balaban J connectivity index is 1.59. The summed E-state index contributed by atoms with van der Waals surface area (Å²) in [4.78, 5) is 12.0. The molecule has 3 aromatic carbocycles. The van der Waals surface area contributed by atoms with Crippen molar-refractivity contribution >= 4 is 75.2 Å². The van der Waals surface area contributed by atoms with E-state index in [1.807, 2.05) is 12.1 Å². The SMILES string of the molecule is COc1cc(/C=N\NC(=O)CNc2ccc(Cl)cc2)cc(I)c1OCc1ccc(Cl)cc1Cl. The Morgan fingerprint density at radius 1 is 1.06 bits per heavy atom. The molecule has 6 nitrogen and oxygen atoms in total. The Kier molecular flexibility index (Phi) is 9.49. The number of amides is 1. The van der Waals surface area contributed by atoms with E-state index in [-0.39, 0.29) is 19.1 Å². The average molecular weight is 619 g/mol. The van der Waals surface area contributed by atoms with E-state index in [9.17, 15) is 4.79 Å². The third-order valence-electron chi connectivity index (χ3n) is 4.34. The van der Waals surface area contributed by atoms with Crippen LogP contribution in [0.15, 0.2) is 59.7 Å². The molecule has 0 unspecified atom stereocenters. The van der Waals surface area contributed by atoms with Crippen LogP contribution in [0.3, 0.4) is 0 Å². The van der Waals surface area contributed by atoms with Crippen LogP contribution >= 0.6 is 57.4 Å². The van der Waals surface area contributed by atoms with E-state index >= 15 is 0 Å². The highest BCUT2D eigenvalue weighted by atomic mass is 127. The van der Waals surface area contributed by atoms with Crippen LogP contribution in [0.5, 0.6) is 11.5 Å². The van der Waals surface area contributed by atoms with E-state index in [0.717, 1.165) is 20.4 Å². The molecule has 0 heterocycles. The van der Waals surface area contributed by atoms with Gasteiger partial charge in [-0.15, -0.1) is 0 Å². The van der Waals surface area contributed by atoms with Gasteiger partial charge in [-0.1, -0.05) is 40.9 Å². The predicted octanol–water partition coefficient (Wildman–Crippen LogP) is 6.40. The molecule has 0 aliphatic heterocycles. The van der Waals surface area contributed by atoms with Gasteiger partial charge in [0.2, 0.25) is 0 Å². The number of nitrogens with one attached hydrogen (secondary N) is 2. The summed E-state index contributed by atoms with van der Waals surface area (Å²) in [7, 11) is 1.55. The Bertz CT molecular complexity index is 1160. The number of carbonyl (C=O) groups excluding carboxylic acids is 1. The molecule has 10 heteroatoms. The van der Waals surface area contributed by atoms with Gasteiger partial charge in [0, 0.05) is 26.3 Å². The molecule has 1 amide bonds. The molecule has 33 heavy (non-hydrogen) atoms. The molecule has 0 saturated carbocycles. The third kappa shape index (κ3) is 7.67. The van der Waals surface area contributed by atoms with E-state index in [4.69, 9.17) is 44.3 Å². The molecule has 0 aromatic heterocycles. The number of benzene rings is 3. The van der Waals surface area contributed by atoms with Crippen LogP contribution in [0, 0.1) is 3.57 Å². The molecule has 0 aliphatic carbocycles. The molecule has 172 valence electrons. The smallest absolute Gasteiger partial charge is 0.259 e. The van der Waals surface area contributed by atoms with Gasteiger partial charge in [-0.2, -0.15) is 5.10 Å². The van der Waals surface area contributed by atoms with Crippen molar-refractivity contribution in [1.82, 2.24) is 5.43 Å². The first kappa shape index (κ1) is 25.4. The number of hydrogen-bond acceptors (Lipinski definition) is 5. The number of rotatable bonds is 9. The first-order valence-electron chi connectivity index (χ1n) is 9.61. The monoisotopic (exact) mass is 617 g/mol. The zero-order valence-corrected chi connectivity index (χ0v) is 21.8. The van der Waals surface area contributed by atoms with Crippen molar-refractivity contribution in [2.75, 3.05) is 19.0 Å². The van der Waals surface area contributed by atoms with E-state index in [2.05, 4.69) is 38.4 Å². The molecular weight excluding hydrogens is 600 g/mol. The van der Waals surface area contributed by atoms with Crippen LogP contribution in [-0.2, 0) is 11.4 Å². The van der Waals surface area contributed by atoms with Gasteiger partial charge >= 0.3 is 0 Å². The Morgan fingerprint density at radius 3 is 2.48 bits per heavy atom. The largest absolute Gasteiger partial charge is 0.493 e. The fourth-order valence-electron chi connectivity index (χ4n) is 2.71. The predicted molar refractivity (Wildman–Crippen MR) is 142 cm³/mol. The maximum Gasteiger partial charge on any atom is 0.259 e. The molecule has 0 fully saturated rings. The van der Waals surface area contributed by atoms with E-state index < -0.39 is 0 Å². The number of nitrogens with zero attached hydrogens (tertiary/aromatic N) is 1. The summed E-state index contributed by atoms with van der Waals surface area (Å²) in [6, 6.07) is 15.9. The fraction of sp³-hybridized carbons (Fsp3) is 0.130. The standard InChI is InChI=1S/C23H19Cl3IN3O3/c1-32-21-9-14(11-29-30-22(31)12-28-18-6-4-16(24)5-7-18)8-20(27)23(21)33-13-15-2-3-17(25)10-19(15)26/h2-11,28H,12-13H2,1H3,(H,30,31)/b29-11-. The van der Waals surface area contributed by atoms with Gasteiger partial charge in [-0.05, 0) is 76.7 Å². The fourth-order valence-corrected chi connectivity index (χ4v) is 4.08. The van der Waals surface area contributed by atoms with Gasteiger partial charge in [-0.3, -0.25) is 4.79 Å². The summed E-state index contributed by atoms with van der Waals surface area (Å²) in [6.07, 6.45) is 1.53. The molecule has 0 radical (unpaired) electrons. The Labute approximate surface area is 220 Å². The van der Waals surface area contributed by atoms with Gasteiger partial charge < -0.3 is 14.8 Å². The number of halogens is 4. The summed E-state index contributed by atoms with van der Waals surface area (Å²) in [5.74, 6) is 0.823. The molecular formula is C23H19Cl3IN3O3. The zero-order valence-electron chi connectivity index (χ0n) is 17.4. The molecule has 0 saturated heterocycles. The normalized spacial score (nSPS) is 10.8. The minimum Gasteiger partial charge on any atom is -0.493 e. The van der Waals surface area contributed by atoms with Crippen molar-refractivity contribution in [1.29, 1.82) is 0 Å². The first-order chi connectivity index (χ1) is 15.9. The molecule has 3 rings (SSSR count). The Hall–Kier alpha value is -2.20. The second-order valence-corrected chi connectivity index (χ2v) is 9.15. The Morgan fingerprint density at radius 2 is 1.79 bits per heavy atom. The average Bonchev–Trinajstić information content (AvgIpc) is 2.78. The maximum atomic E-state index is 12.0. The molecule has 0 spiro atoms. The molecule has 3 aromatic rings. The number of carbonyl (C=O) groups is 1. The molecule has 0 atom stereocenters. The maximum absolute atomic E-state index is 12.0. The quantitative estimate of drug-likeness (QED) is 0.165. The van der Waals surface area contributed by atoms with Crippen molar-refractivity contribution in [3.63, 3.8) is 0 Å². The zero-order chi connectivity index (χ0) is 23.8. The summed E-state index contributed by atoms with van der Waals surface area (Å²) >= 11 is 20.2. The van der Waals surface area contributed by atoms with Gasteiger partial charge in [0.05, 0.1) is 23.4 Å². The van der Waals surface area contributed by atoms with Crippen LogP contribution in [0.2, 0.25) is 15.1 Å². The van der Waals surface area contributed by atoms with Crippen molar-refractivity contribution in [3.8, 4) is 11.5 Å². The van der Waals surface area contributed by atoms with Gasteiger partial charge in [0.1, 0.15) is 6.61 Å². The number of hydrogen-bond donors (Lipinski definition) is 2. The van der Waals surface area contributed by atoms with Gasteiger partial charge in [-0.25, -0.2) is 5.43 Å². The lowest BCUT2D eigenvalue weighted by atomic mass is 10.2. The van der Waals surface area contributed by atoms with Gasteiger partial charge in [0.25, 0.3) is 5.91 Å². The topological polar surface area (TPSA) is 72.0 Å². The second kappa shape index (κ2) is 12.3. The van der Waals surface area contributed by atoms with E-state index in [1.165, 1.54) is 6.21 Å². The highest BCUT2D eigenvalue weighted by Crippen LogP contribution is 2.34. The number of methoxy groups -OCH3 is 1. The summed E-state index contributed by atoms with van der Waals surface area (Å²) in [5.41, 5.74) is 4.81. The second-order valence-electron chi connectivity index (χ2n) is 6.71. The molecule has 2 N–H and O–H groups in total.